The topological polar surface area (TPSA) is 92.3 Å². The Morgan fingerprint density at radius 3 is 2.82 bits per heavy atom. The summed E-state index contributed by atoms with van der Waals surface area (Å²) in [6.07, 6.45) is -3.18. The maximum absolute atomic E-state index is 13.3. The number of rotatable bonds is 4. The minimum atomic E-state index is -4.66. The molecule has 150 valence electrons. The molecule has 1 atom stereocenters. The smallest absolute Gasteiger partial charge is 0.451 e. The monoisotopic (exact) mass is 398 g/mol. The van der Waals surface area contributed by atoms with Gasteiger partial charge in [-0.05, 0) is 42.2 Å². The lowest BCUT2D eigenvalue weighted by Gasteiger charge is -2.29. The summed E-state index contributed by atoms with van der Waals surface area (Å²) in [5.74, 6) is -2.23. The summed E-state index contributed by atoms with van der Waals surface area (Å²) in [4.78, 5) is 20.8. The van der Waals surface area contributed by atoms with Gasteiger partial charge in [0, 0.05) is 25.2 Å². The van der Waals surface area contributed by atoms with E-state index in [0.717, 1.165) is 18.3 Å². The summed E-state index contributed by atoms with van der Waals surface area (Å²) >= 11 is 0. The number of nitrogens with two attached hydrogens (primary N) is 1. The Labute approximate surface area is 158 Å². The lowest BCUT2D eigenvalue weighted by atomic mass is 10.0. The van der Waals surface area contributed by atoms with E-state index in [0.29, 0.717) is 18.5 Å². The van der Waals surface area contributed by atoms with Crippen molar-refractivity contribution in [3.05, 3.63) is 52.9 Å². The first kappa shape index (κ1) is 20.0. The minimum Gasteiger partial charge on any atom is -0.508 e. The number of amides is 1. The first-order chi connectivity index (χ1) is 13.1. The van der Waals surface area contributed by atoms with E-state index in [1.165, 1.54) is 11.0 Å². The lowest BCUT2D eigenvalue weighted by Crippen LogP contribution is -2.40. The van der Waals surface area contributed by atoms with Crippen molar-refractivity contribution in [1.82, 2.24) is 14.9 Å². The molecule has 10 heteroatoms. The number of phenols is 1. The van der Waals surface area contributed by atoms with Gasteiger partial charge in [0.1, 0.15) is 11.6 Å². The highest BCUT2D eigenvalue weighted by molar-refractivity contribution is 5.77. The normalized spacial score (nSPS) is 15.2. The molecule has 0 bridgehead atoms. The SMILES string of the molecule is N[C@@H](CC(=O)N1CCc2cnc(C(F)(F)F)nc2C1)Cc1cc(F)ccc1O. The highest BCUT2D eigenvalue weighted by atomic mass is 19.4. The van der Waals surface area contributed by atoms with Crippen LogP contribution in [0.5, 0.6) is 5.75 Å². The van der Waals surface area contributed by atoms with E-state index in [4.69, 9.17) is 5.73 Å². The Hall–Kier alpha value is -2.75. The number of benzene rings is 1. The van der Waals surface area contributed by atoms with E-state index in [2.05, 4.69) is 9.97 Å². The van der Waals surface area contributed by atoms with Crippen LogP contribution in [0.3, 0.4) is 0 Å². The van der Waals surface area contributed by atoms with E-state index in [9.17, 15) is 27.5 Å². The average Bonchev–Trinajstić information content (AvgIpc) is 2.63. The molecule has 2 aromatic rings. The molecule has 1 amide bonds. The van der Waals surface area contributed by atoms with Crippen LogP contribution in [0, 0.1) is 5.82 Å². The number of carbonyl (C=O) groups is 1. The highest BCUT2D eigenvalue weighted by Crippen LogP contribution is 2.28. The lowest BCUT2D eigenvalue weighted by molar-refractivity contribution is -0.145. The third kappa shape index (κ3) is 4.56. The zero-order chi connectivity index (χ0) is 20.5. The molecule has 3 rings (SSSR count). The van der Waals surface area contributed by atoms with Crippen molar-refractivity contribution < 1.29 is 27.5 Å². The van der Waals surface area contributed by atoms with Gasteiger partial charge in [-0.25, -0.2) is 14.4 Å². The third-order valence-electron chi connectivity index (χ3n) is 4.51. The van der Waals surface area contributed by atoms with Gasteiger partial charge in [-0.15, -0.1) is 0 Å². The molecule has 1 aliphatic rings. The molecule has 0 saturated heterocycles. The van der Waals surface area contributed by atoms with Gasteiger partial charge in [-0.2, -0.15) is 13.2 Å². The van der Waals surface area contributed by atoms with Crippen molar-refractivity contribution in [1.29, 1.82) is 0 Å². The van der Waals surface area contributed by atoms with Crippen LogP contribution in [-0.2, 0) is 30.4 Å². The predicted molar refractivity (Wildman–Crippen MR) is 90.5 cm³/mol. The number of hydrogen-bond donors (Lipinski definition) is 2. The fourth-order valence-electron chi connectivity index (χ4n) is 3.08. The summed E-state index contributed by atoms with van der Waals surface area (Å²) in [7, 11) is 0. The molecule has 3 N–H and O–H groups in total. The fourth-order valence-corrected chi connectivity index (χ4v) is 3.08. The van der Waals surface area contributed by atoms with Crippen LogP contribution in [0.15, 0.2) is 24.4 Å². The average molecular weight is 398 g/mol. The summed E-state index contributed by atoms with van der Waals surface area (Å²) < 4.78 is 51.6. The molecule has 2 heterocycles. The maximum atomic E-state index is 13.3. The van der Waals surface area contributed by atoms with Crippen molar-refractivity contribution in [2.45, 2.75) is 38.0 Å². The Balaban J connectivity index is 1.65. The van der Waals surface area contributed by atoms with Crippen LogP contribution in [-0.4, -0.2) is 38.5 Å². The van der Waals surface area contributed by atoms with Crippen LogP contribution in [0.1, 0.15) is 29.1 Å². The first-order valence-corrected chi connectivity index (χ1v) is 8.56. The molecule has 6 nitrogen and oxygen atoms in total. The van der Waals surface area contributed by atoms with Crippen molar-refractivity contribution >= 4 is 5.91 Å². The molecule has 28 heavy (non-hydrogen) atoms. The van der Waals surface area contributed by atoms with Gasteiger partial charge >= 0.3 is 6.18 Å². The van der Waals surface area contributed by atoms with E-state index >= 15 is 0 Å². The maximum Gasteiger partial charge on any atom is 0.451 e. The molecule has 0 spiro atoms. The Morgan fingerprint density at radius 1 is 1.36 bits per heavy atom. The number of nitrogens with zero attached hydrogens (tertiary/aromatic N) is 3. The number of alkyl halides is 3. The zero-order valence-corrected chi connectivity index (χ0v) is 14.7. The van der Waals surface area contributed by atoms with Crippen LogP contribution in [0.4, 0.5) is 17.6 Å². The van der Waals surface area contributed by atoms with Gasteiger partial charge in [0.15, 0.2) is 0 Å². The van der Waals surface area contributed by atoms with E-state index < -0.39 is 23.9 Å². The molecule has 0 saturated carbocycles. The highest BCUT2D eigenvalue weighted by Gasteiger charge is 2.36. The van der Waals surface area contributed by atoms with Gasteiger partial charge in [-0.3, -0.25) is 4.79 Å². The second-order valence-electron chi connectivity index (χ2n) is 6.67. The van der Waals surface area contributed by atoms with E-state index in [-0.39, 0.29) is 42.3 Å². The molecule has 1 aliphatic heterocycles. The molecule has 0 aliphatic carbocycles. The molecular weight excluding hydrogens is 380 g/mol. The molecule has 0 unspecified atom stereocenters. The Morgan fingerprint density at radius 2 is 2.11 bits per heavy atom. The summed E-state index contributed by atoms with van der Waals surface area (Å²) in [6.45, 7) is 0.260. The first-order valence-electron chi connectivity index (χ1n) is 8.56. The van der Waals surface area contributed by atoms with Crippen LogP contribution >= 0.6 is 0 Å². The number of carbonyl (C=O) groups excluding carboxylic acids is 1. The zero-order valence-electron chi connectivity index (χ0n) is 14.7. The van der Waals surface area contributed by atoms with Crippen molar-refractivity contribution in [3.63, 3.8) is 0 Å². The number of phenolic OH excluding ortho intramolecular Hbond substituents is 1. The molecule has 0 fully saturated rings. The Kier molecular flexibility index (Phi) is 5.50. The molecule has 1 aromatic heterocycles. The van der Waals surface area contributed by atoms with Crippen molar-refractivity contribution in [2.75, 3.05) is 6.54 Å². The molecular formula is C18H18F4N4O2. The standard InChI is InChI=1S/C18H18F4N4O2/c19-12-1-2-15(27)11(5-12)6-13(23)7-16(28)26-4-3-10-8-24-17(18(20,21)22)25-14(10)9-26/h1-2,5,8,13,27H,3-4,6-7,9,23H2/t13-/m1/s1. The summed E-state index contributed by atoms with van der Waals surface area (Å²) in [6, 6.07) is 2.78. The second-order valence-corrected chi connectivity index (χ2v) is 6.67. The number of aromatic hydroxyl groups is 1. The van der Waals surface area contributed by atoms with Crippen LogP contribution in [0.25, 0.3) is 0 Å². The van der Waals surface area contributed by atoms with Crippen molar-refractivity contribution in [2.24, 2.45) is 5.73 Å². The minimum absolute atomic E-state index is 0.0578. The third-order valence-corrected chi connectivity index (χ3v) is 4.51. The van der Waals surface area contributed by atoms with Crippen LogP contribution < -0.4 is 5.73 Å². The van der Waals surface area contributed by atoms with Gasteiger partial charge in [0.05, 0.1) is 12.2 Å². The summed E-state index contributed by atoms with van der Waals surface area (Å²) in [5.41, 5.74) is 6.98. The molecule has 0 radical (unpaired) electrons. The van der Waals surface area contributed by atoms with Crippen LogP contribution in [0.2, 0.25) is 0 Å². The van der Waals surface area contributed by atoms with Gasteiger partial charge in [-0.1, -0.05) is 0 Å². The fraction of sp³-hybridized carbons (Fsp3) is 0.389. The Bertz CT molecular complexity index is 888. The number of aromatic nitrogens is 2. The van der Waals surface area contributed by atoms with E-state index in [1.54, 1.807) is 0 Å². The predicted octanol–water partition coefficient (Wildman–Crippen LogP) is 2.18. The van der Waals surface area contributed by atoms with Crippen molar-refractivity contribution in [3.8, 4) is 5.75 Å². The summed E-state index contributed by atoms with van der Waals surface area (Å²) in [5, 5.41) is 9.74. The largest absolute Gasteiger partial charge is 0.508 e. The van der Waals surface area contributed by atoms with Gasteiger partial charge in [0.2, 0.25) is 11.7 Å². The molecule has 1 aromatic carbocycles. The van der Waals surface area contributed by atoms with E-state index in [1.807, 2.05) is 0 Å². The number of hydrogen-bond acceptors (Lipinski definition) is 5. The van der Waals surface area contributed by atoms with Gasteiger partial charge < -0.3 is 15.7 Å². The number of halogens is 4. The number of fused-ring (bicyclic) bond motifs is 1. The quantitative estimate of drug-likeness (QED) is 0.771. The van der Waals surface area contributed by atoms with Gasteiger partial charge in [0.25, 0.3) is 0 Å². The second kappa shape index (κ2) is 7.70.